The van der Waals surface area contributed by atoms with Crippen LogP contribution in [0.5, 0.6) is 5.75 Å². The highest BCUT2D eigenvalue weighted by Gasteiger charge is 2.59. The van der Waals surface area contributed by atoms with Gasteiger partial charge in [-0.2, -0.15) is 0 Å². The molecule has 3 aliphatic rings. The summed E-state index contributed by atoms with van der Waals surface area (Å²) in [5, 5.41) is 0. The molecule has 1 heterocycles. The quantitative estimate of drug-likeness (QED) is 0.347. The van der Waals surface area contributed by atoms with Crippen LogP contribution in [-0.4, -0.2) is 17.8 Å². The van der Waals surface area contributed by atoms with Gasteiger partial charge in [-0.3, -0.25) is 14.5 Å². The third-order valence-electron chi connectivity index (χ3n) is 6.24. The molecule has 146 valence electrons. The summed E-state index contributed by atoms with van der Waals surface area (Å²) < 4.78 is 5.47. The first kappa shape index (κ1) is 17.9. The number of allylic oxidation sites excluding steroid dienone is 2. The van der Waals surface area contributed by atoms with E-state index < -0.39 is 5.97 Å². The van der Waals surface area contributed by atoms with Crippen molar-refractivity contribution in [3.8, 4) is 5.75 Å². The Morgan fingerprint density at radius 1 is 0.897 bits per heavy atom. The average Bonchev–Trinajstić information content (AvgIpc) is 3.35. The average molecular weight is 387 g/mol. The number of aryl methyl sites for hydroxylation is 2. The van der Waals surface area contributed by atoms with Gasteiger partial charge in [0, 0.05) is 0 Å². The molecule has 0 aromatic heterocycles. The zero-order valence-electron chi connectivity index (χ0n) is 16.3. The van der Waals surface area contributed by atoms with Crippen molar-refractivity contribution in [3.05, 3.63) is 71.3 Å². The van der Waals surface area contributed by atoms with Crippen LogP contribution >= 0.6 is 0 Å². The van der Waals surface area contributed by atoms with Crippen molar-refractivity contribution in [1.29, 1.82) is 0 Å². The maximum atomic E-state index is 12.9. The van der Waals surface area contributed by atoms with E-state index in [1.165, 1.54) is 4.90 Å². The van der Waals surface area contributed by atoms with Gasteiger partial charge < -0.3 is 4.74 Å². The van der Waals surface area contributed by atoms with Gasteiger partial charge in [0.15, 0.2) is 0 Å². The van der Waals surface area contributed by atoms with Crippen LogP contribution in [-0.2, 0) is 9.59 Å². The van der Waals surface area contributed by atoms with E-state index in [1.54, 1.807) is 24.3 Å². The van der Waals surface area contributed by atoms with Crippen LogP contribution in [0.2, 0.25) is 0 Å². The van der Waals surface area contributed by atoms with E-state index in [2.05, 4.69) is 12.2 Å². The highest BCUT2D eigenvalue weighted by Crippen LogP contribution is 2.53. The van der Waals surface area contributed by atoms with Gasteiger partial charge in [0.2, 0.25) is 11.8 Å². The van der Waals surface area contributed by atoms with Gasteiger partial charge in [-0.25, -0.2) is 4.79 Å². The number of carbonyl (C=O) groups excluding carboxylic acids is 3. The highest BCUT2D eigenvalue weighted by molar-refractivity contribution is 6.22. The Morgan fingerprint density at radius 3 is 2.00 bits per heavy atom. The number of nitrogens with zero attached hydrogens (tertiary/aromatic N) is 1. The first-order valence-electron chi connectivity index (χ1n) is 9.89. The van der Waals surface area contributed by atoms with Crippen LogP contribution < -0.4 is 9.64 Å². The zero-order valence-corrected chi connectivity index (χ0v) is 16.3. The molecule has 2 amide bonds. The molecule has 0 N–H and O–H groups in total. The van der Waals surface area contributed by atoms with Crippen molar-refractivity contribution < 1.29 is 19.1 Å². The second kappa shape index (κ2) is 6.41. The van der Waals surface area contributed by atoms with Gasteiger partial charge in [-0.15, -0.1) is 0 Å². The number of hydrogen-bond acceptors (Lipinski definition) is 4. The van der Waals surface area contributed by atoms with Gasteiger partial charge in [-0.05, 0) is 79.6 Å². The molecule has 5 rings (SSSR count). The van der Waals surface area contributed by atoms with Gasteiger partial charge >= 0.3 is 5.97 Å². The third-order valence-corrected chi connectivity index (χ3v) is 6.24. The Hall–Kier alpha value is -3.21. The van der Waals surface area contributed by atoms with Crippen molar-refractivity contribution >= 4 is 23.5 Å². The molecule has 5 heteroatoms. The summed E-state index contributed by atoms with van der Waals surface area (Å²) in [6, 6.07) is 12.1. The van der Waals surface area contributed by atoms with E-state index in [9.17, 15) is 14.4 Å². The van der Waals surface area contributed by atoms with E-state index in [4.69, 9.17) is 4.74 Å². The maximum Gasteiger partial charge on any atom is 0.343 e. The summed E-state index contributed by atoms with van der Waals surface area (Å²) in [5.41, 5.74) is 2.91. The van der Waals surface area contributed by atoms with Crippen LogP contribution in [0.15, 0.2) is 54.6 Å². The Morgan fingerprint density at radius 2 is 1.45 bits per heavy atom. The largest absolute Gasteiger partial charge is 0.423 e. The molecule has 0 unspecified atom stereocenters. The minimum absolute atomic E-state index is 0.123. The highest BCUT2D eigenvalue weighted by atomic mass is 16.5. The number of amides is 2. The van der Waals surface area contributed by atoms with Crippen molar-refractivity contribution in [2.45, 2.75) is 20.3 Å². The number of hydrogen-bond donors (Lipinski definition) is 0. The van der Waals surface area contributed by atoms with E-state index in [-0.39, 0.29) is 35.5 Å². The first-order valence-corrected chi connectivity index (χ1v) is 9.89. The Labute approximate surface area is 169 Å². The number of benzene rings is 2. The number of rotatable bonds is 3. The van der Waals surface area contributed by atoms with Crippen LogP contribution in [0.25, 0.3) is 0 Å². The Kier molecular flexibility index (Phi) is 3.95. The van der Waals surface area contributed by atoms with E-state index in [1.807, 2.05) is 32.0 Å². The number of carbonyl (C=O) groups is 3. The number of esters is 1. The molecule has 1 saturated carbocycles. The fraction of sp³-hybridized carbons (Fsp3) is 0.292. The monoisotopic (exact) mass is 387 g/mol. The zero-order chi connectivity index (χ0) is 20.3. The molecule has 4 atom stereocenters. The molecule has 0 radical (unpaired) electrons. The molecule has 5 nitrogen and oxygen atoms in total. The fourth-order valence-electron chi connectivity index (χ4n) is 5.06. The molecular formula is C24H21NO4. The van der Waals surface area contributed by atoms with Crippen molar-refractivity contribution in [1.82, 2.24) is 0 Å². The van der Waals surface area contributed by atoms with Crippen molar-refractivity contribution in [2.24, 2.45) is 23.7 Å². The second-order valence-electron chi connectivity index (χ2n) is 8.27. The Balaban J connectivity index is 1.35. The lowest BCUT2D eigenvalue weighted by atomic mass is 9.85. The Bertz CT molecular complexity index is 1020. The van der Waals surface area contributed by atoms with E-state index >= 15 is 0 Å². The summed E-state index contributed by atoms with van der Waals surface area (Å²) in [5.74, 6) is -0.322. The number of fused-ring (bicyclic) bond motifs is 5. The summed E-state index contributed by atoms with van der Waals surface area (Å²) in [6.45, 7) is 3.89. The lowest BCUT2D eigenvalue weighted by Gasteiger charge is -2.17. The van der Waals surface area contributed by atoms with E-state index in [0.717, 1.165) is 17.5 Å². The van der Waals surface area contributed by atoms with Crippen LogP contribution in [0.1, 0.15) is 27.9 Å². The summed E-state index contributed by atoms with van der Waals surface area (Å²) in [6.07, 6.45) is 5.06. The fourth-order valence-corrected chi connectivity index (χ4v) is 5.06. The topological polar surface area (TPSA) is 63.7 Å². The summed E-state index contributed by atoms with van der Waals surface area (Å²) in [4.78, 5) is 39.5. The second-order valence-corrected chi connectivity index (χ2v) is 8.27. The number of ether oxygens (including phenoxy) is 1. The normalized spacial score (nSPS) is 26.9. The molecule has 1 saturated heterocycles. The molecule has 2 aromatic rings. The van der Waals surface area contributed by atoms with Crippen molar-refractivity contribution in [3.63, 3.8) is 0 Å². The standard InChI is InChI=1S/C24H21NO4/c1-13-9-14(2)11-19(10-13)29-24(28)15-5-7-18(8-6-15)25-22(26)20-16-3-4-17(12-16)21(20)23(25)27/h3-11,16-17,20-21H,12H2,1-2H3/t16-,17-,20-,21-/m0/s1. The lowest BCUT2D eigenvalue weighted by molar-refractivity contribution is -0.123. The first-order chi connectivity index (χ1) is 13.9. The number of anilines is 1. The maximum absolute atomic E-state index is 12.9. The molecule has 29 heavy (non-hydrogen) atoms. The molecule has 1 aliphatic heterocycles. The van der Waals surface area contributed by atoms with Crippen molar-refractivity contribution in [2.75, 3.05) is 4.90 Å². The lowest BCUT2D eigenvalue weighted by Crippen LogP contribution is -2.32. The van der Waals surface area contributed by atoms with E-state index in [0.29, 0.717) is 17.0 Å². The smallest absolute Gasteiger partial charge is 0.343 e. The predicted molar refractivity (Wildman–Crippen MR) is 108 cm³/mol. The third kappa shape index (κ3) is 2.80. The molecule has 2 aromatic carbocycles. The predicted octanol–water partition coefficient (Wildman–Crippen LogP) is 3.83. The van der Waals surface area contributed by atoms with Gasteiger partial charge in [0.1, 0.15) is 5.75 Å². The van der Waals surface area contributed by atoms with Crippen LogP contribution in [0, 0.1) is 37.5 Å². The van der Waals surface area contributed by atoms with Crippen LogP contribution in [0.4, 0.5) is 5.69 Å². The molecular weight excluding hydrogens is 366 g/mol. The molecule has 2 fully saturated rings. The minimum atomic E-state index is -0.472. The van der Waals surface area contributed by atoms with Crippen LogP contribution in [0.3, 0.4) is 0 Å². The SMILES string of the molecule is Cc1cc(C)cc(OC(=O)c2ccc(N3C(=O)[C@@H]4[C@@H](C3=O)[C@H]3C=C[C@H]4C3)cc2)c1. The van der Waals surface area contributed by atoms with Gasteiger partial charge in [0.05, 0.1) is 23.1 Å². The molecule has 2 aliphatic carbocycles. The number of imide groups is 1. The molecule has 2 bridgehead atoms. The van der Waals surface area contributed by atoms with Gasteiger partial charge in [-0.1, -0.05) is 18.2 Å². The summed E-state index contributed by atoms with van der Waals surface area (Å²) >= 11 is 0. The summed E-state index contributed by atoms with van der Waals surface area (Å²) in [7, 11) is 0. The minimum Gasteiger partial charge on any atom is -0.423 e. The molecule has 0 spiro atoms. The van der Waals surface area contributed by atoms with Gasteiger partial charge in [0.25, 0.3) is 0 Å².